The van der Waals surface area contributed by atoms with Crippen molar-refractivity contribution in [1.82, 2.24) is 0 Å². The molecule has 0 amide bonds. The SMILES string of the molecule is CCCCCCCCCCCCO.OCCCCCCCCCCCCO. The Morgan fingerprint density at radius 3 is 0.667 bits per heavy atom. The van der Waals surface area contributed by atoms with E-state index in [2.05, 4.69) is 6.92 Å². The number of hydrogen-bond acceptors (Lipinski definition) is 3. The van der Waals surface area contributed by atoms with E-state index in [1.165, 1.54) is 109 Å². The van der Waals surface area contributed by atoms with Gasteiger partial charge in [-0.2, -0.15) is 0 Å². The zero-order valence-electron chi connectivity index (χ0n) is 18.6. The van der Waals surface area contributed by atoms with Crippen molar-refractivity contribution >= 4 is 0 Å². The van der Waals surface area contributed by atoms with Crippen LogP contribution in [0.4, 0.5) is 0 Å². The van der Waals surface area contributed by atoms with Crippen molar-refractivity contribution in [3.05, 3.63) is 0 Å². The van der Waals surface area contributed by atoms with Gasteiger partial charge in [-0.15, -0.1) is 0 Å². The van der Waals surface area contributed by atoms with E-state index in [1.54, 1.807) is 0 Å². The second kappa shape index (κ2) is 30.6. The molecule has 0 saturated carbocycles. The number of rotatable bonds is 21. The Hall–Kier alpha value is -0.120. The summed E-state index contributed by atoms with van der Waals surface area (Å²) in [6.45, 7) is 3.33. The van der Waals surface area contributed by atoms with Crippen LogP contribution in [0.5, 0.6) is 0 Å². The molecule has 0 bridgehead atoms. The number of aliphatic hydroxyl groups excluding tert-OH is 3. The quantitative estimate of drug-likeness (QED) is 0.190. The maximum atomic E-state index is 8.57. The van der Waals surface area contributed by atoms with Crippen LogP contribution >= 0.6 is 0 Å². The van der Waals surface area contributed by atoms with Gasteiger partial charge in [-0.1, -0.05) is 116 Å². The van der Waals surface area contributed by atoms with E-state index in [4.69, 9.17) is 15.3 Å². The largest absolute Gasteiger partial charge is 0.396 e. The molecule has 0 aliphatic carbocycles. The van der Waals surface area contributed by atoms with E-state index in [9.17, 15) is 0 Å². The van der Waals surface area contributed by atoms with E-state index >= 15 is 0 Å². The molecule has 3 heteroatoms. The second-order valence-corrected chi connectivity index (χ2v) is 7.89. The van der Waals surface area contributed by atoms with Gasteiger partial charge in [0.25, 0.3) is 0 Å². The fourth-order valence-electron chi connectivity index (χ4n) is 3.24. The molecule has 0 aliphatic heterocycles. The molecule has 0 spiro atoms. The Balaban J connectivity index is 0. The number of unbranched alkanes of at least 4 members (excludes halogenated alkanes) is 18. The van der Waals surface area contributed by atoms with Crippen molar-refractivity contribution in [2.24, 2.45) is 0 Å². The second-order valence-electron chi connectivity index (χ2n) is 7.89. The highest BCUT2D eigenvalue weighted by Crippen LogP contribution is 2.11. The lowest BCUT2D eigenvalue weighted by Gasteiger charge is -2.01. The van der Waals surface area contributed by atoms with E-state index in [1.807, 2.05) is 0 Å². The average Bonchev–Trinajstić information content (AvgIpc) is 2.69. The number of aliphatic hydroxyl groups is 3. The Kier molecular flexibility index (Phi) is 33.0. The lowest BCUT2D eigenvalue weighted by atomic mass is 10.1. The third-order valence-corrected chi connectivity index (χ3v) is 5.08. The minimum Gasteiger partial charge on any atom is -0.396 e. The highest BCUT2D eigenvalue weighted by molar-refractivity contribution is 4.48. The van der Waals surface area contributed by atoms with Gasteiger partial charge in [0.05, 0.1) is 0 Å². The summed E-state index contributed by atoms with van der Waals surface area (Å²) in [5, 5.41) is 25.7. The molecule has 0 fully saturated rings. The topological polar surface area (TPSA) is 60.7 Å². The highest BCUT2D eigenvalue weighted by Gasteiger charge is 1.92. The van der Waals surface area contributed by atoms with Crippen molar-refractivity contribution in [2.45, 2.75) is 135 Å². The molecule has 0 aromatic heterocycles. The molecule has 0 atom stereocenters. The summed E-state index contributed by atoms with van der Waals surface area (Å²) >= 11 is 0. The predicted octanol–water partition coefficient (Wildman–Crippen LogP) is 6.77. The molecule has 0 heterocycles. The lowest BCUT2D eigenvalue weighted by Crippen LogP contribution is -1.85. The fourth-order valence-corrected chi connectivity index (χ4v) is 3.24. The van der Waals surface area contributed by atoms with Crippen LogP contribution in [0, 0.1) is 0 Å². The van der Waals surface area contributed by atoms with Gasteiger partial charge < -0.3 is 15.3 Å². The first-order valence-corrected chi connectivity index (χ1v) is 12.2. The molecule has 3 N–H and O–H groups in total. The molecule has 27 heavy (non-hydrogen) atoms. The summed E-state index contributed by atoms with van der Waals surface area (Å²) in [6, 6.07) is 0. The third-order valence-electron chi connectivity index (χ3n) is 5.08. The first-order chi connectivity index (χ1) is 13.3. The molecule has 0 saturated heterocycles. The summed E-state index contributed by atoms with van der Waals surface area (Å²) in [5.41, 5.74) is 0. The number of hydrogen-bond donors (Lipinski definition) is 3. The van der Waals surface area contributed by atoms with Crippen LogP contribution in [0.1, 0.15) is 135 Å². The summed E-state index contributed by atoms with van der Waals surface area (Å²) in [6.07, 6.45) is 25.5. The lowest BCUT2D eigenvalue weighted by molar-refractivity contribution is 0.281. The van der Waals surface area contributed by atoms with Crippen LogP contribution in [-0.2, 0) is 0 Å². The molecule has 0 rings (SSSR count). The van der Waals surface area contributed by atoms with Crippen molar-refractivity contribution in [3.8, 4) is 0 Å². The van der Waals surface area contributed by atoms with Crippen LogP contribution in [-0.4, -0.2) is 35.1 Å². The van der Waals surface area contributed by atoms with E-state index in [-0.39, 0.29) is 0 Å². The average molecular weight is 389 g/mol. The van der Waals surface area contributed by atoms with Gasteiger partial charge in [0, 0.05) is 19.8 Å². The third kappa shape index (κ3) is 33.9. The smallest absolute Gasteiger partial charge is 0.0431 e. The zero-order valence-corrected chi connectivity index (χ0v) is 18.6. The van der Waals surface area contributed by atoms with Gasteiger partial charge in [0.15, 0.2) is 0 Å². The summed E-state index contributed by atoms with van der Waals surface area (Å²) in [5.74, 6) is 0. The predicted molar refractivity (Wildman–Crippen MR) is 119 cm³/mol. The Morgan fingerprint density at radius 1 is 0.296 bits per heavy atom. The minimum atomic E-state index is 0.348. The fraction of sp³-hybridized carbons (Fsp3) is 1.00. The Morgan fingerprint density at radius 2 is 0.481 bits per heavy atom. The molecule has 0 radical (unpaired) electrons. The summed E-state index contributed by atoms with van der Waals surface area (Å²) in [4.78, 5) is 0. The first-order valence-electron chi connectivity index (χ1n) is 12.2. The molecular formula is C24H52O3. The molecule has 0 aliphatic rings. The maximum absolute atomic E-state index is 8.57. The molecule has 3 nitrogen and oxygen atoms in total. The van der Waals surface area contributed by atoms with Crippen molar-refractivity contribution in [2.75, 3.05) is 19.8 Å². The van der Waals surface area contributed by atoms with Gasteiger partial charge in [-0.05, 0) is 19.3 Å². The minimum absolute atomic E-state index is 0.348. The van der Waals surface area contributed by atoms with Gasteiger partial charge in [0.2, 0.25) is 0 Å². The Labute approximate surface area is 171 Å². The van der Waals surface area contributed by atoms with Gasteiger partial charge in [0.1, 0.15) is 0 Å². The van der Waals surface area contributed by atoms with Crippen molar-refractivity contribution < 1.29 is 15.3 Å². The van der Waals surface area contributed by atoms with Crippen molar-refractivity contribution in [3.63, 3.8) is 0 Å². The van der Waals surface area contributed by atoms with Crippen LogP contribution in [0.3, 0.4) is 0 Å². The monoisotopic (exact) mass is 388 g/mol. The molecule has 0 aromatic rings. The summed E-state index contributed by atoms with van der Waals surface area (Å²) < 4.78 is 0. The molecular weight excluding hydrogens is 336 g/mol. The van der Waals surface area contributed by atoms with Crippen LogP contribution in [0.25, 0.3) is 0 Å². The highest BCUT2D eigenvalue weighted by atomic mass is 16.3. The standard InChI is InChI=1S/C12H26O2.C12H26O/c13-11-9-7-5-3-1-2-4-6-8-10-12-14;1-2-3-4-5-6-7-8-9-10-11-12-13/h13-14H,1-12H2;13H,2-12H2,1H3. The van der Waals surface area contributed by atoms with E-state index in [0.717, 1.165) is 19.3 Å². The molecule has 0 unspecified atom stereocenters. The van der Waals surface area contributed by atoms with Gasteiger partial charge in [-0.25, -0.2) is 0 Å². The zero-order chi connectivity index (χ0) is 20.3. The van der Waals surface area contributed by atoms with Crippen LogP contribution < -0.4 is 0 Å². The normalized spacial score (nSPS) is 10.7. The van der Waals surface area contributed by atoms with Gasteiger partial charge >= 0.3 is 0 Å². The molecule has 0 aromatic carbocycles. The van der Waals surface area contributed by atoms with Crippen LogP contribution in [0.15, 0.2) is 0 Å². The van der Waals surface area contributed by atoms with Crippen LogP contribution in [0.2, 0.25) is 0 Å². The van der Waals surface area contributed by atoms with Gasteiger partial charge in [-0.3, -0.25) is 0 Å². The van der Waals surface area contributed by atoms with E-state index < -0.39 is 0 Å². The first kappa shape index (κ1) is 29.1. The van der Waals surface area contributed by atoms with Crippen molar-refractivity contribution in [1.29, 1.82) is 0 Å². The molecule has 166 valence electrons. The Bertz CT molecular complexity index is 200. The summed E-state index contributed by atoms with van der Waals surface area (Å²) in [7, 11) is 0. The maximum Gasteiger partial charge on any atom is 0.0431 e. The van der Waals surface area contributed by atoms with E-state index in [0.29, 0.717) is 19.8 Å².